The van der Waals surface area contributed by atoms with Gasteiger partial charge in [0.15, 0.2) is 0 Å². The Bertz CT molecular complexity index is 483. The largest absolute Gasteiger partial charge is 0.381 e. The summed E-state index contributed by atoms with van der Waals surface area (Å²) in [5.41, 5.74) is 5.92. The van der Waals surface area contributed by atoms with Gasteiger partial charge in [-0.15, -0.1) is 0 Å². The second-order valence-electron chi connectivity index (χ2n) is 6.32. The lowest BCUT2D eigenvalue weighted by atomic mass is 9.85. The average molecular weight is 288 g/mol. The van der Waals surface area contributed by atoms with Gasteiger partial charge in [0.1, 0.15) is 5.54 Å². The quantitative estimate of drug-likeness (QED) is 0.683. The molecule has 0 spiro atoms. The minimum atomic E-state index is -0.800. The molecule has 0 radical (unpaired) electrons. The average Bonchev–Trinajstić information content (AvgIpc) is 3.37. The van der Waals surface area contributed by atoms with E-state index in [1.54, 1.807) is 0 Å². The molecule has 4 nitrogen and oxygen atoms in total. The number of benzene rings is 1. The fourth-order valence-electron chi connectivity index (χ4n) is 2.70. The summed E-state index contributed by atoms with van der Waals surface area (Å²) < 4.78 is 5.74. The molecule has 0 bridgehead atoms. The van der Waals surface area contributed by atoms with E-state index in [0.717, 1.165) is 30.9 Å². The van der Waals surface area contributed by atoms with Gasteiger partial charge in [-0.3, -0.25) is 10.1 Å². The van der Waals surface area contributed by atoms with Crippen molar-refractivity contribution >= 4 is 5.91 Å². The van der Waals surface area contributed by atoms with Crippen LogP contribution in [0, 0.1) is 5.92 Å². The van der Waals surface area contributed by atoms with Crippen molar-refractivity contribution in [1.82, 2.24) is 5.32 Å². The number of hydrogen-bond acceptors (Lipinski definition) is 3. The van der Waals surface area contributed by atoms with Crippen LogP contribution in [0.5, 0.6) is 0 Å². The fraction of sp³-hybridized carbons (Fsp3) is 0.588. The molecule has 1 aromatic rings. The molecular formula is C17H24N2O2. The van der Waals surface area contributed by atoms with E-state index in [1.807, 2.05) is 30.3 Å². The number of carbonyl (C=O) groups excluding carboxylic acids is 1. The molecule has 2 fully saturated rings. The van der Waals surface area contributed by atoms with Crippen LogP contribution < -0.4 is 11.1 Å². The van der Waals surface area contributed by atoms with Crippen LogP contribution in [-0.4, -0.2) is 25.2 Å². The minimum absolute atomic E-state index is 0.310. The van der Waals surface area contributed by atoms with E-state index in [4.69, 9.17) is 10.5 Å². The van der Waals surface area contributed by atoms with Gasteiger partial charge in [0, 0.05) is 25.7 Å². The van der Waals surface area contributed by atoms with E-state index >= 15 is 0 Å². The highest BCUT2D eigenvalue weighted by atomic mass is 16.5. The van der Waals surface area contributed by atoms with Crippen molar-refractivity contribution in [3.63, 3.8) is 0 Å². The number of nitrogens with one attached hydrogen (secondary N) is 1. The summed E-state index contributed by atoms with van der Waals surface area (Å²) in [6, 6.07) is 10.2. The second kappa shape index (κ2) is 6.16. The van der Waals surface area contributed by atoms with Gasteiger partial charge >= 0.3 is 0 Å². The van der Waals surface area contributed by atoms with Crippen molar-refractivity contribution in [1.29, 1.82) is 0 Å². The lowest BCUT2D eigenvalue weighted by Crippen LogP contribution is -2.54. The molecule has 0 aliphatic heterocycles. The van der Waals surface area contributed by atoms with Crippen LogP contribution in [-0.2, 0) is 15.1 Å². The van der Waals surface area contributed by atoms with Gasteiger partial charge in [0.25, 0.3) is 0 Å². The van der Waals surface area contributed by atoms with E-state index in [1.165, 1.54) is 12.8 Å². The van der Waals surface area contributed by atoms with E-state index in [9.17, 15) is 4.79 Å². The second-order valence-corrected chi connectivity index (χ2v) is 6.32. The topological polar surface area (TPSA) is 64.4 Å². The van der Waals surface area contributed by atoms with Crippen molar-refractivity contribution in [3.05, 3.63) is 35.9 Å². The number of rotatable bonds is 9. The number of hydrogen-bond donors (Lipinski definition) is 2. The summed E-state index contributed by atoms with van der Waals surface area (Å²) in [7, 11) is 0. The number of nitrogens with two attached hydrogens (primary N) is 1. The van der Waals surface area contributed by atoms with Crippen LogP contribution in [0.3, 0.4) is 0 Å². The molecule has 1 aromatic carbocycles. The first kappa shape index (κ1) is 14.5. The Morgan fingerprint density at radius 2 is 1.95 bits per heavy atom. The number of primary amides is 1. The Balaban J connectivity index is 1.72. The molecule has 4 heteroatoms. The van der Waals surface area contributed by atoms with Gasteiger partial charge in [-0.05, 0) is 37.2 Å². The van der Waals surface area contributed by atoms with Crippen LogP contribution in [0.2, 0.25) is 0 Å². The molecule has 3 rings (SSSR count). The lowest BCUT2D eigenvalue weighted by Gasteiger charge is -2.32. The zero-order valence-corrected chi connectivity index (χ0v) is 12.4. The SMILES string of the molecule is NC(=O)C(CCOCC1CC1)(NC1CC1)c1ccccc1. The van der Waals surface area contributed by atoms with Gasteiger partial charge in [0.2, 0.25) is 5.91 Å². The van der Waals surface area contributed by atoms with Crippen molar-refractivity contribution < 1.29 is 9.53 Å². The first-order valence-corrected chi connectivity index (χ1v) is 7.91. The maximum atomic E-state index is 12.2. The molecular weight excluding hydrogens is 264 g/mol. The van der Waals surface area contributed by atoms with Gasteiger partial charge in [0.05, 0.1) is 0 Å². The molecule has 114 valence electrons. The number of carbonyl (C=O) groups is 1. The first-order valence-electron chi connectivity index (χ1n) is 7.91. The van der Waals surface area contributed by atoms with Gasteiger partial charge < -0.3 is 10.5 Å². The third kappa shape index (κ3) is 3.63. The summed E-state index contributed by atoms with van der Waals surface area (Å²) in [5.74, 6) is 0.428. The highest BCUT2D eigenvalue weighted by Crippen LogP contribution is 2.32. The third-order valence-electron chi connectivity index (χ3n) is 4.39. The maximum Gasteiger partial charge on any atom is 0.242 e. The lowest BCUT2D eigenvalue weighted by molar-refractivity contribution is -0.126. The van der Waals surface area contributed by atoms with Crippen molar-refractivity contribution in [2.45, 2.75) is 43.7 Å². The molecule has 0 heterocycles. The number of amides is 1. The normalized spacial score (nSPS) is 21.0. The maximum absolute atomic E-state index is 12.2. The van der Waals surface area contributed by atoms with Crippen LogP contribution in [0.4, 0.5) is 0 Å². The van der Waals surface area contributed by atoms with Crippen LogP contribution in [0.25, 0.3) is 0 Å². The van der Waals surface area contributed by atoms with Crippen LogP contribution in [0.1, 0.15) is 37.7 Å². The third-order valence-corrected chi connectivity index (χ3v) is 4.39. The molecule has 1 unspecified atom stereocenters. The Morgan fingerprint density at radius 3 is 2.52 bits per heavy atom. The molecule has 21 heavy (non-hydrogen) atoms. The Morgan fingerprint density at radius 1 is 1.24 bits per heavy atom. The van der Waals surface area contributed by atoms with Crippen LogP contribution in [0.15, 0.2) is 30.3 Å². The molecule has 0 saturated heterocycles. The molecule has 1 amide bonds. The molecule has 1 atom stereocenters. The van der Waals surface area contributed by atoms with E-state index in [-0.39, 0.29) is 5.91 Å². The highest BCUT2D eigenvalue weighted by molar-refractivity contribution is 5.86. The Kier molecular flexibility index (Phi) is 4.27. The Labute approximate surface area is 126 Å². The van der Waals surface area contributed by atoms with Gasteiger partial charge in [-0.1, -0.05) is 30.3 Å². The van der Waals surface area contributed by atoms with Crippen molar-refractivity contribution in [2.24, 2.45) is 11.7 Å². The Hall–Kier alpha value is -1.39. The van der Waals surface area contributed by atoms with E-state index < -0.39 is 5.54 Å². The predicted octanol–water partition coefficient (Wildman–Crippen LogP) is 1.94. The van der Waals surface area contributed by atoms with Gasteiger partial charge in [-0.25, -0.2) is 0 Å². The molecule has 2 saturated carbocycles. The highest BCUT2D eigenvalue weighted by Gasteiger charge is 2.42. The summed E-state index contributed by atoms with van der Waals surface area (Å²) in [4.78, 5) is 12.2. The predicted molar refractivity (Wildman–Crippen MR) is 81.6 cm³/mol. The van der Waals surface area contributed by atoms with E-state index in [2.05, 4.69) is 5.32 Å². The fourth-order valence-corrected chi connectivity index (χ4v) is 2.70. The van der Waals surface area contributed by atoms with E-state index in [0.29, 0.717) is 19.1 Å². The monoisotopic (exact) mass is 288 g/mol. The molecule has 2 aliphatic rings. The van der Waals surface area contributed by atoms with Crippen molar-refractivity contribution in [2.75, 3.05) is 13.2 Å². The minimum Gasteiger partial charge on any atom is -0.381 e. The summed E-state index contributed by atoms with van der Waals surface area (Å²) in [5, 5.41) is 3.47. The van der Waals surface area contributed by atoms with Gasteiger partial charge in [-0.2, -0.15) is 0 Å². The summed E-state index contributed by atoms with van der Waals surface area (Å²) in [6.07, 6.45) is 5.38. The molecule has 2 aliphatic carbocycles. The standard InChI is InChI=1S/C17H24N2O2/c18-16(20)17(19-15-8-9-15,14-4-2-1-3-5-14)10-11-21-12-13-6-7-13/h1-5,13,15,19H,6-12H2,(H2,18,20). The molecule has 0 aromatic heterocycles. The summed E-state index contributed by atoms with van der Waals surface area (Å²) in [6.45, 7) is 1.38. The summed E-state index contributed by atoms with van der Waals surface area (Å²) >= 11 is 0. The zero-order valence-electron chi connectivity index (χ0n) is 12.4. The van der Waals surface area contributed by atoms with Crippen LogP contribution >= 0.6 is 0 Å². The number of ether oxygens (including phenoxy) is 1. The smallest absolute Gasteiger partial charge is 0.242 e. The zero-order chi connectivity index (χ0) is 14.7. The molecule has 3 N–H and O–H groups in total. The van der Waals surface area contributed by atoms with Crippen molar-refractivity contribution in [3.8, 4) is 0 Å². The first-order chi connectivity index (χ1) is 10.2.